The lowest BCUT2D eigenvalue weighted by Crippen LogP contribution is -2.27. The van der Waals surface area contributed by atoms with Gasteiger partial charge in [-0.05, 0) is 30.2 Å². The van der Waals surface area contributed by atoms with Crippen molar-refractivity contribution >= 4 is 23.6 Å². The van der Waals surface area contributed by atoms with Crippen LogP contribution in [0.3, 0.4) is 0 Å². The molecular formula is C19H15ClN2O3. The summed E-state index contributed by atoms with van der Waals surface area (Å²) in [6, 6.07) is 14.5. The molecule has 6 heteroatoms. The predicted molar refractivity (Wildman–Crippen MR) is 94.2 cm³/mol. The maximum atomic E-state index is 12.4. The molecule has 1 N–H and O–H groups in total. The molecule has 1 atom stereocenters. The van der Waals surface area contributed by atoms with Crippen molar-refractivity contribution < 1.29 is 14.3 Å². The van der Waals surface area contributed by atoms with Crippen LogP contribution in [0.2, 0.25) is 5.02 Å². The Kier molecular flexibility index (Phi) is 4.92. The van der Waals surface area contributed by atoms with E-state index in [-0.39, 0.29) is 18.4 Å². The molecule has 3 rings (SSSR count). The minimum Gasteiger partial charge on any atom is -0.454 e. The molecule has 0 saturated carbocycles. The van der Waals surface area contributed by atoms with Crippen LogP contribution in [0.4, 0.5) is 0 Å². The third kappa shape index (κ3) is 3.76. The zero-order chi connectivity index (χ0) is 17.8. The Morgan fingerprint density at radius 1 is 1.28 bits per heavy atom. The average Bonchev–Trinajstić information content (AvgIpc) is 3.07. The highest BCUT2D eigenvalue weighted by Gasteiger charge is 2.18. The number of benzene rings is 2. The molecular weight excluding hydrogens is 340 g/mol. The Hall–Kier alpha value is -2.97. The van der Waals surface area contributed by atoms with Gasteiger partial charge in [0.25, 0.3) is 5.91 Å². The van der Waals surface area contributed by atoms with Gasteiger partial charge in [0.05, 0.1) is 11.1 Å². The lowest BCUT2D eigenvalue weighted by atomic mass is 10.1. The third-order valence-electron chi connectivity index (χ3n) is 3.80. The van der Waals surface area contributed by atoms with Crippen LogP contribution in [-0.2, 0) is 4.79 Å². The summed E-state index contributed by atoms with van der Waals surface area (Å²) in [6.07, 6.45) is 1.44. The second-order valence-electron chi connectivity index (χ2n) is 5.50. The molecule has 2 aromatic carbocycles. The van der Waals surface area contributed by atoms with Gasteiger partial charge in [0.15, 0.2) is 11.5 Å². The SMILES string of the molecule is CC(NC(=O)/C(C#N)=C\c1cc2c(cc1Cl)OCO2)c1ccccc1. The lowest BCUT2D eigenvalue weighted by Gasteiger charge is -2.13. The van der Waals surface area contributed by atoms with Crippen LogP contribution in [0.5, 0.6) is 11.5 Å². The Morgan fingerprint density at radius 2 is 1.96 bits per heavy atom. The molecule has 0 aromatic heterocycles. The van der Waals surface area contributed by atoms with Gasteiger partial charge in [-0.15, -0.1) is 0 Å². The molecule has 0 aliphatic carbocycles. The van der Waals surface area contributed by atoms with Crippen LogP contribution >= 0.6 is 11.6 Å². The van der Waals surface area contributed by atoms with Crippen molar-refractivity contribution in [2.45, 2.75) is 13.0 Å². The number of carbonyl (C=O) groups excluding carboxylic acids is 1. The molecule has 0 radical (unpaired) electrons. The summed E-state index contributed by atoms with van der Waals surface area (Å²) >= 11 is 6.19. The largest absolute Gasteiger partial charge is 0.454 e. The van der Waals surface area contributed by atoms with E-state index in [1.54, 1.807) is 12.1 Å². The van der Waals surface area contributed by atoms with Gasteiger partial charge in [-0.1, -0.05) is 41.9 Å². The van der Waals surface area contributed by atoms with Crippen molar-refractivity contribution in [2.24, 2.45) is 0 Å². The number of hydrogen-bond acceptors (Lipinski definition) is 4. The predicted octanol–water partition coefficient (Wildman–Crippen LogP) is 3.85. The Morgan fingerprint density at radius 3 is 2.64 bits per heavy atom. The van der Waals surface area contributed by atoms with Gasteiger partial charge in [-0.3, -0.25) is 4.79 Å². The number of nitrogens with zero attached hydrogens (tertiary/aromatic N) is 1. The quantitative estimate of drug-likeness (QED) is 0.668. The smallest absolute Gasteiger partial charge is 0.262 e. The molecule has 126 valence electrons. The van der Waals surface area contributed by atoms with Crippen molar-refractivity contribution in [1.82, 2.24) is 5.32 Å². The van der Waals surface area contributed by atoms with Crippen molar-refractivity contribution in [2.75, 3.05) is 6.79 Å². The first-order valence-corrected chi connectivity index (χ1v) is 8.03. The van der Waals surface area contributed by atoms with E-state index in [9.17, 15) is 10.1 Å². The van der Waals surface area contributed by atoms with Crippen LogP contribution in [-0.4, -0.2) is 12.7 Å². The topological polar surface area (TPSA) is 71.4 Å². The van der Waals surface area contributed by atoms with Crippen molar-refractivity contribution in [3.63, 3.8) is 0 Å². The lowest BCUT2D eigenvalue weighted by molar-refractivity contribution is -0.117. The zero-order valence-corrected chi connectivity index (χ0v) is 14.2. The molecule has 1 aliphatic rings. The minimum absolute atomic E-state index is 0.0384. The highest BCUT2D eigenvalue weighted by molar-refractivity contribution is 6.32. The van der Waals surface area contributed by atoms with E-state index < -0.39 is 5.91 Å². The third-order valence-corrected chi connectivity index (χ3v) is 4.13. The number of nitriles is 1. The number of fused-ring (bicyclic) bond motifs is 1. The van der Waals surface area contributed by atoms with Crippen LogP contribution in [0, 0.1) is 11.3 Å². The van der Waals surface area contributed by atoms with E-state index in [4.69, 9.17) is 21.1 Å². The maximum Gasteiger partial charge on any atom is 0.262 e. The molecule has 2 aromatic rings. The standard InChI is InChI=1S/C19H15ClN2O3/c1-12(13-5-3-2-4-6-13)22-19(23)15(10-21)7-14-8-17-18(9-16(14)20)25-11-24-17/h2-9,12H,11H2,1H3,(H,22,23)/b15-7-. The molecule has 1 amide bonds. The van der Waals surface area contributed by atoms with Crippen LogP contribution in [0.15, 0.2) is 48.0 Å². The second kappa shape index (κ2) is 7.29. The highest BCUT2D eigenvalue weighted by atomic mass is 35.5. The minimum atomic E-state index is -0.465. The van der Waals surface area contributed by atoms with Crippen LogP contribution < -0.4 is 14.8 Å². The van der Waals surface area contributed by atoms with Gasteiger partial charge >= 0.3 is 0 Å². The van der Waals surface area contributed by atoms with E-state index in [1.165, 1.54) is 6.08 Å². The number of ether oxygens (including phenoxy) is 2. The van der Waals surface area contributed by atoms with Gasteiger partial charge in [-0.2, -0.15) is 5.26 Å². The molecule has 0 bridgehead atoms. The highest BCUT2D eigenvalue weighted by Crippen LogP contribution is 2.37. The van der Waals surface area contributed by atoms with E-state index in [0.717, 1.165) is 5.56 Å². The molecule has 0 spiro atoms. The Bertz CT molecular complexity index is 872. The number of nitrogens with one attached hydrogen (secondary N) is 1. The Labute approximate surface area is 150 Å². The summed E-state index contributed by atoms with van der Waals surface area (Å²) in [6.45, 7) is 1.98. The van der Waals surface area contributed by atoms with Crippen LogP contribution in [0.1, 0.15) is 24.1 Å². The molecule has 1 unspecified atom stereocenters. The summed E-state index contributed by atoms with van der Waals surface area (Å²) in [5.41, 5.74) is 1.43. The number of amides is 1. The summed E-state index contributed by atoms with van der Waals surface area (Å²) < 4.78 is 10.5. The second-order valence-corrected chi connectivity index (χ2v) is 5.91. The first kappa shape index (κ1) is 16.9. The van der Waals surface area contributed by atoms with Gasteiger partial charge in [0.2, 0.25) is 6.79 Å². The molecule has 5 nitrogen and oxygen atoms in total. The fourth-order valence-corrected chi connectivity index (χ4v) is 2.66. The van der Waals surface area contributed by atoms with Crippen molar-refractivity contribution in [1.29, 1.82) is 5.26 Å². The van der Waals surface area contributed by atoms with E-state index in [1.807, 2.05) is 43.3 Å². The molecule has 1 aliphatic heterocycles. The number of halogens is 1. The number of hydrogen-bond donors (Lipinski definition) is 1. The molecule has 25 heavy (non-hydrogen) atoms. The average molecular weight is 355 g/mol. The van der Waals surface area contributed by atoms with E-state index in [2.05, 4.69) is 5.32 Å². The van der Waals surface area contributed by atoms with Gasteiger partial charge < -0.3 is 14.8 Å². The molecule has 0 fully saturated rings. The summed E-state index contributed by atoms with van der Waals surface area (Å²) in [5.74, 6) is 0.612. The molecule has 1 heterocycles. The summed E-state index contributed by atoms with van der Waals surface area (Å²) in [7, 11) is 0. The van der Waals surface area contributed by atoms with Crippen LogP contribution in [0.25, 0.3) is 6.08 Å². The Balaban J connectivity index is 1.81. The van der Waals surface area contributed by atoms with Crippen molar-refractivity contribution in [3.05, 3.63) is 64.2 Å². The monoisotopic (exact) mass is 354 g/mol. The fraction of sp³-hybridized carbons (Fsp3) is 0.158. The first-order chi connectivity index (χ1) is 12.1. The van der Waals surface area contributed by atoms with Gasteiger partial charge in [0, 0.05) is 6.07 Å². The zero-order valence-electron chi connectivity index (χ0n) is 13.5. The van der Waals surface area contributed by atoms with Gasteiger partial charge in [0.1, 0.15) is 11.6 Å². The number of rotatable bonds is 4. The maximum absolute atomic E-state index is 12.4. The fourth-order valence-electron chi connectivity index (χ4n) is 2.45. The normalized spacial score (nSPS) is 13.9. The van der Waals surface area contributed by atoms with Gasteiger partial charge in [-0.25, -0.2) is 0 Å². The molecule has 0 saturated heterocycles. The van der Waals surface area contributed by atoms with E-state index >= 15 is 0 Å². The summed E-state index contributed by atoms with van der Waals surface area (Å²) in [4.78, 5) is 12.4. The first-order valence-electron chi connectivity index (χ1n) is 7.65. The van der Waals surface area contributed by atoms with E-state index in [0.29, 0.717) is 22.1 Å². The summed E-state index contributed by atoms with van der Waals surface area (Å²) in [5, 5.41) is 12.5. The number of carbonyl (C=O) groups is 1. The van der Waals surface area contributed by atoms with Crippen molar-refractivity contribution in [3.8, 4) is 17.6 Å².